The summed E-state index contributed by atoms with van der Waals surface area (Å²) in [5, 5.41) is 0. The summed E-state index contributed by atoms with van der Waals surface area (Å²) in [6.45, 7) is 0. The Balaban J connectivity index is -0.0000000133. The Morgan fingerprint density at radius 2 is 1.11 bits per heavy atom. The van der Waals surface area contributed by atoms with Crippen molar-refractivity contribution in [2.45, 2.75) is 0 Å². The van der Waals surface area contributed by atoms with E-state index in [0.717, 1.165) is 0 Å². The summed E-state index contributed by atoms with van der Waals surface area (Å²) >= 11 is 0. The van der Waals surface area contributed by atoms with Crippen molar-refractivity contribution in [2.24, 2.45) is 0 Å². The SMILES string of the molecule is O=S(=O)(O)O.[Co].[LiH].[Mn].[Ni]. The van der Waals surface area contributed by atoms with E-state index in [1.54, 1.807) is 0 Å². The molecule has 0 aliphatic heterocycles. The minimum Gasteiger partial charge on any atom is 0 e. The summed E-state index contributed by atoms with van der Waals surface area (Å²) in [6.07, 6.45) is 0. The standard InChI is InChI=1S/Co.Li.Mn.Ni.H2O4S.H/c;;;;1-5(2,3)4;/h;;;;(H2,1,2,3,4);. The second-order valence-corrected chi connectivity index (χ2v) is 1.34. The van der Waals surface area contributed by atoms with Crippen LogP contribution >= 0.6 is 0 Å². The summed E-state index contributed by atoms with van der Waals surface area (Å²) in [4.78, 5) is 0. The summed E-state index contributed by atoms with van der Waals surface area (Å²) in [7, 11) is -4.67. The summed E-state index contributed by atoms with van der Waals surface area (Å²) in [5.41, 5.74) is 0. The maximum Gasteiger partial charge on any atom is 0 e. The summed E-state index contributed by atoms with van der Waals surface area (Å²) in [5.74, 6) is 0. The van der Waals surface area contributed by atoms with E-state index in [-0.39, 0.29) is 69.2 Å². The topological polar surface area (TPSA) is 74.6 Å². The molecule has 0 aromatic rings. The molecule has 0 heterocycles. The van der Waals surface area contributed by atoms with Crippen LogP contribution in [0.3, 0.4) is 0 Å². The molecule has 0 amide bonds. The van der Waals surface area contributed by atoms with Gasteiger partial charge in [-0.15, -0.1) is 0 Å². The van der Waals surface area contributed by atoms with E-state index in [1.807, 2.05) is 0 Å². The van der Waals surface area contributed by atoms with E-state index in [0.29, 0.717) is 0 Å². The molecule has 0 saturated carbocycles. The van der Waals surface area contributed by atoms with Gasteiger partial charge in [-0.05, 0) is 0 Å². The van der Waals surface area contributed by atoms with Crippen molar-refractivity contribution in [1.29, 1.82) is 0 Å². The van der Waals surface area contributed by atoms with Crippen LogP contribution < -0.4 is 0 Å². The molecule has 0 bridgehead atoms. The molecule has 0 unspecified atom stereocenters. The average Bonchev–Trinajstić information content (AvgIpc) is 0.722. The third-order valence-corrected chi connectivity index (χ3v) is 0. The molecule has 0 rings (SSSR count). The molecule has 2 N–H and O–H groups in total. The zero-order valence-corrected chi connectivity index (χ0v) is 7.17. The van der Waals surface area contributed by atoms with Gasteiger partial charge in [0.1, 0.15) is 0 Å². The largest absolute Gasteiger partial charge is 0 e. The van der Waals surface area contributed by atoms with Crippen LogP contribution in [0.4, 0.5) is 0 Å². The fourth-order valence-corrected chi connectivity index (χ4v) is 0. The van der Waals surface area contributed by atoms with Gasteiger partial charge >= 0.3 is 29.3 Å². The third-order valence-electron chi connectivity index (χ3n) is 0. The Kier molecular flexibility index (Phi) is 43.0. The monoisotopic (exact) mass is 278 g/mol. The van der Waals surface area contributed by atoms with Gasteiger partial charge in [0, 0.05) is 50.3 Å². The molecular weight excluding hydrogens is 276 g/mol. The first-order valence-corrected chi connectivity index (χ1v) is 2.10. The minimum atomic E-state index is -4.67. The molecule has 0 aliphatic rings. The zero-order chi connectivity index (χ0) is 4.50. The van der Waals surface area contributed by atoms with Gasteiger partial charge < -0.3 is 0 Å². The van der Waals surface area contributed by atoms with Crippen LogP contribution in [0.5, 0.6) is 0 Å². The predicted octanol–water partition coefficient (Wildman–Crippen LogP) is -1.31. The van der Waals surface area contributed by atoms with E-state index in [1.165, 1.54) is 0 Å². The van der Waals surface area contributed by atoms with E-state index >= 15 is 0 Å². The Morgan fingerprint density at radius 3 is 1.11 bits per heavy atom. The molecule has 0 aromatic carbocycles. The first-order chi connectivity index (χ1) is 2.00. The van der Waals surface area contributed by atoms with Crippen molar-refractivity contribution in [1.82, 2.24) is 0 Å². The van der Waals surface area contributed by atoms with Gasteiger partial charge in [0.25, 0.3) is 0 Å². The Bertz CT molecular complexity index is 104. The maximum atomic E-state index is 8.74. The molecule has 0 atom stereocenters. The first kappa shape index (κ1) is 30.6. The molecule has 0 aromatic heterocycles. The van der Waals surface area contributed by atoms with Crippen molar-refractivity contribution in [2.75, 3.05) is 0 Å². The van der Waals surface area contributed by atoms with Gasteiger partial charge in [0.2, 0.25) is 0 Å². The van der Waals surface area contributed by atoms with Gasteiger partial charge in [0.05, 0.1) is 0 Å². The smallest absolute Gasteiger partial charge is 0 e. The molecular formula is H3CoLiMnNiO4S. The predicted molar refractivity (Wildman–Crippen MR) is 21.3 cm³/mol. The van der Waals surface area contributed by atoms with E-state index < -0.39 is 10.4 Å². The second kappa shape index (κ2) is 12.6. The number of rotatable bonds is 0. The molecule has 2 radical (unpaired) electrons. The van der Waals surface area contributed by atoms with E-state index in [4.69, 9.17) is 17.5 Å². The Labute approximate surface area is 96.3 Å². The van der Waals surface area contributed by atoms with Gasteiger partial charge in [-0.1, -0.05) is 0 Å². The maximum absolute atomic E-state index is 8.74. The molecule has 0 spiro atoms. The van der Waals surface area contributed by atoms with Crippen molar-refractivity contribution in [3.63, 3.8) is 0 Å². The van der Waals surface area contributed by atoms with E-state index in [9.17, 15) is 0 Å². The van der Waals surface area contributed by atoms with Crippen LogP contribution in [-0.4, -0.2) is 36.4 Å². The number of hydrogen-bond donors (Lipinski definition) is 2. The fraction of sp³-hybridized carbons (Fsp3) is 0. The van der Waals surface area contributed by atoms with Crippen LogP contribution in [0.25, 0.3) is 0 Å². The molecule has 0 fully saturated rings. The van der Waals surface area contributed by atoms with Crippen LogP contribution in [-0.2, 0) is 60.7 Å². The fourth-order valence-electron chi connectivity index (χ4n) is 0. The molecule has 9 heavy (non-hydrogen) atoms. The first-order valence-electron chi connectivity index (χ1n) is 0.698. The van der Waals surface area contributed by atoms with Crippen molar-refractivity contribution in [3.05, 3.63) is 0 Å². The van der Waals surface area contributed by atoms with Crippen LogP contribution in [0, 0.1) is 0 Å². The normalized spacial score (nSPS) is 6.44. The van der Waals surface area contributed by atoms with Gasteiger partial charge in [-0.2, -0.15) is 8.42 Å². The second-order valence-electron chi connectivity index (χ2n) is 0.448. The Hall–Kier alpha value is 1.99. The zero-order valence-electron chi connectivity index (χ0n) is 3.15. The van der Waals surface area contributed by atoms with Gasteiger partial charge in [-0.25, -0.2) is 0 Å². The van der Waals surface area contributed by atoms with Gasteiger partial charge in [0.15, 0.2) is 0 Å². The van der Waals surface area contributed by atoms with Crippen LogP contribution in [0.1, 0.15) is 0 Å². The van der Waals surface area contributed by atoms with Crippen LogP contribution in [0.15, 0.2) is 0 Å². The van der Waals surface area contributed by atoms with Crippen molar-refractivity contribution in [3.8, 4) is 0 Å². The van der Waals surface area contributed by atoms with Crippen LogP contribution in [0.2, 0.25) is 0 Å². The minimum absolute atomic E-state index is 0. The van der Waals surface area contributed by atoms with Crippen molar-refractivity contribution >= 4 is 29.3 Å². The third kappa shape index (κ3) is 161. The summed E-state index contributed by atoms with van der Waals surface area (Å²) < 4.78 is 31.6. The number of hydrogen-bond acceptors (Lipinski definition) is 2. The van der Waals surface area contributed by atoms with E-state index in [2.05, 4.69) is 0 Å². The van der Waals surface area contributed by atoms with Crippen molar-refractivity contribution < 1.29 is 67.9 Å². The summed E-state index contributed by atoms with van der Waals surface area (Å²) in [6, 6.07) is 0. The molecule has 9 heteroatoms. The molecule has 4 nitrogen and oxygen atoms in total. The molecule has 60 valence electrons. The Morgan fingerprint density at radius 1 is 1.11 bits per heavy atom. The average molecular weight is 279 g/mol. The quantitative estimate of drug-likeness (QED) is 0.426. The molecule has 0 aliphatic carbocycles. The molecule has 0 saturated heterocycles. The van der Waals surface area contributed by atoms with Gasteiger partial charge in [-0.3, -0.25) is 9.11 Å².